The smallest absolute Gasteiger partial charge is 0.197 e. The number of rotatable bonds is 2. The van der Waals surface area contributed by atoms with Gasteiger partial charge in [-0.3, -0.25) is 0 Å². The topological polar surface area (TPSA) is 64.7 Å². The van der Waals surface area contributed by atoms with Crippen LogP contribution in [-0.2, 0) is 0 Å². The van der Waals surface area contributed by atoms with Crippen molar-refractivity contribution < 1.29 is 19.0 Å². The molecular formula is C10H12FNO3. The number of hydrogen-bond donors (Lipinski definition) is 2. The summed E-state index contributed by atoms with van der Waals surface area (Å²) in [5.41, 5.74) is 6.22. The molecule has 0 saturated carbocycles. The number of benzene rings is 1. The lowest BCUT2D eigenvalue weighted by atomic mass is 10.1. The van der Waals surface area contributed by atoms with Gasteiger partial charge in [0.15, 0.2) is 17.3 Å². The van der Waals surface area contributed by atoms with Crippen molar-refractivity contribution in [3.8, 4) is 11.5 Å². The number of ether oxygens (including phenoxy) is 2. The molecule has 3 N–H and O–H groups in total. The second-order valence-electron chi connectivity index (χ2n) is 3.28. The third kappa shape index (κ3) is 1.75. The van der Waals surface area contributed by atoms with Crippen molar-refractivity contribution in [1.82, 2.24) is 0 Å². The molecule has 5 heteroatoms. The molecule has 0 amide bonds. The van der Waals surface area contributed by atoms with Gasteiger partial charge in [0.2, 0.25) is 0 Å². The first kappa shape index (κ1) is 10.2. The Bertz CT molecular complexity index is 370. The Morgan fingerprint density at radius 2 is 2.00 bits per heavy atom. The van der Waals surface area contributed by atoms with E-state index in [2.05, 4.69) is 0 Å². The van der Waals surface area contributed by atoms with Gasteiger partial charge in [-0.2, -0.15) is 0 Å². The highest BCUT2D eigenvalue weighted by Crippen LogP contribution is 2.38. The minimum Gasteiger partial charge on any atom is -0.486 e. The van der Waals surface area contributed by atoms with Crippen LogP contribution in [0.4, 0.5) is 4.39 Å². The Kier molecular flexibility index (Phi) is 2.75. The maximum atomic E-state index is 13.3. The van der Waals surface area contributed by atoms with E-state index in [0.29, 0.717) is 24.5 Å². The van der Waals surface area contributed by atoms with Gasteiger partial charge in [0.1, 0.15) is 13.2 Å². The summed E-state index contributed by atoms with van der Waals surface area (Å²) >= 11 is 0. The van der Waals surface area contributed by atoms with Crippen LogP contribution in [-0.4, -0.2) is 24.9 Å². The molecule has 1 heterocycles. The van der Waals surface area contributed by atoms with Crippen LogP contribution in [0, 0.1) is 5.82 Å². The highest BCUT2D eigenvalue weighted by Gasteiger charge is 2.22. The molecule has 0 saturated heterocycles. The normalized spacial score (nSPS) is 16.2. The molecular weight excluding hydrogens is 201 g/mol. The summed E-state index contributed by atoms with van der Waals surface area (Å²) in [7, 11) is 0. The van der Waals surface area contributed by atoms with Crippen molar-refractivity contribution in [2.24, 2.45) is 5.73 Å². The van der Waals surface area contributed by atoms with Gasteiger partial charge in [-0.05, 0) is 6.07 Å². The zero-order chi connectivity index (χ0) is 10.8. The van der Waals surface area contributed by atoms with Crippen molar-refractivity contribution in [1.29, 1.82) is 0 Å². The highest BCUT2D eigenvalue weighted by atomic mass is 19.1. The van der Waals surface area contributed by atoms with E-state index in [1.54, 1.807) is 0 Å². The molecule has 1 aliphatic rings. The van der Waals surface area contributed by atoms with Crippen molar-refractivity contribution in [2.45, 2.75) is 6.04 Å². The van der Waals surface area contributed by atoms with Gasteiger partial charge < -0.3 is 20.3 Å². The van der Waals surface area contributed by atoms with Gasteiger partial charge in [-0.25, -0.2) is 4.39 Å². The molecule has 0 aromatic heterocycles. The zero-order valence-corrected chi connectivity index (χ0v) is 8.07. The van der Waals surface area contributed by atoms with E-state index in [1.807, 2.05) is 0 Å². The number of aliphatic hydroxyl groups excluding tert-OH is 1. The van der Waals surface area contributed by atoms with Crippen LogP contribution in [0.25, 0.3) is 0 Å². The third-order valence-corrected chi connectivity index (χ3v) is 2.27. The van der Waals surface area contributed by atoms with Crippen molar-refractivity contribution >= 4 is 0 Å². The lowest BCUT2D eigenvalue weighted by Crippen LogP contribution is -2.21. The number of hydrogen-bond acceptors (Lipinski definition) is 4. The van der Waals surface area contributed by atoms with E-state index in [-0.39, 0.29) is 12.4 Å². The fourth-order valence-corrected chi connectivity index (χ4v) is 1.52. The summed E-state index contributed by atoms with van der Waals surface area (Å²) in [6.45, 7) is 0.463. The van der Waals surface area contributed by atoms with Gasteiger partial charge in [0.25, 0.3) is 0 Å². The van der Waals surface area contributed by atoms with Gasteiger partial charge >= 0.3 is 0 Å². The summed E-state index contributed by atoms with van der Waals surface area (Å²) < 4.78 is 23.8. The van der Waals surface area contributed by atoms with Crippen molar-refractivity contribution in [2.75, 3.05) is 19.8 Å². The summed E-state index contributed by atoms with van der Waals surface area (Å²) in [6, 6.07) is 2.18. The van der Waals surface area contributed by atoms with E-state index in [0.717, 1.165) is 0 Å². The molecule has 1 aromatic carbocycles. The molecule has 1 aromatic rings. The maximum Gasteiger partial charge on any atom is 0.197 e. The van der Waals surface area contributed by atoms with E-state index in [9.17, 15) is 4.39 Å². The second kappa shape index (κ2) is 4.04. The molecule has 0 fully saturated rings. The Morgan fingerprint density at radius 1 is 1.33 bits per heavy atom. The molecule has 0 radical (unpaired) electrons. The van der Waals surface area contributed by atoms with Crippen molar-refractivity contribution in [3.05, 3.63) is 23.5 Å². The number of aliphatic hydroxyl groups is 1. The van der Waals surface area contributed by atoms with Crippen LogP contribution < -0.4 is 15.2 Å². The van der Waals surface area contributed by atoms with Crippen LogP contribution in [0.1, 0.15) is 11.6 Å². The first-order valence-corrected chi connectivity index (χ1v) is 4.68. The van der Waals surface area contributed by atoms with Gasteiger partial charge in [-0.15, -0.1) is 0 Å². The Hall–Kier alpha value is -1.33. The summed E-state index contributed by atoms with van der Waals surface area (Å²) in [5.74, 6) is -0.0796. The van der Waals surface area contributed by atoms with Gasteiger partial charge in [0, 0.05) is 5.56 Å². The molecule has 1 aliphatic heterocycles. The molecule has 4 nitrogen and oxygen atoms in total. The minimum atomic E-state index is -0.582. The first-order valence-electron chi connectivity index (χ1n) is 4.68. The summed E-state index contributed by atoms with van der Waals surface area (Å²) in [5, 5.41) is 8.94. The molecule has 0 spiro atoms. The third-order valence-electron chi connectivity index (χ3n) is 2.27. The lowest BCUT2D eigenvalue weighted by molar-refractivity contribution is 0.160. The minimum absolute atomic E-state index is 0.0858. The average Bonchev–Trinajstić information content (AvgIpc) is 2.29. The van der Waals surface area contributed by atoms with E-state index in [4.69, 9.17) is 20.3 Å². The molecule has 0 bridgehead atoms. The standard InChI is InChI=1S/C10H12FNO3/c11-7-2-1-6(8(12)5-13)9-10(7)15-4-3-14-9/h1-2,8,13H,3-5,12H2. The number of nitrogens with two attached hydrogens (primary N) is 1. The van der Waals surface area contributed by atoms with E-state index in [1.165, 1.54) is 12.1 Å². The molecule has 15 heavy (non-hydrogen) atoms. The summed E-state index contributed by atoms with van der Waals surface area (Å²) in [4.78, 5) is 0. The highest BCUT2D eigenvalue weighted by molar-refractivity contribution is 5.49. The summed E-state index contributed by atoms with van der Waals surface area (Å²) in [6.07, 6.45) is 0. The van der Waals surface area contributed by atoms with Gasteiger partial charge in [0.05, 0.1) is 12.6 Å². The fraction of sp³-hybridized carbons (Fsp3) is 0.400. The molecule has 82 valence electrons. The number of fused-ring (bicyclic) bond motifs is 1. The molecule has 2 rings (SSSR count). The number of halogens is 1. The van der Waals surface area contributed by atoms with Crippen LogP contribution in [0.3, 0.4) is 0 Å². The van der Waals surface area contributed by atoms with Crippen molar-refractivity contribution in [3.63, 3.8) is 0 Å². The first-order chi connectivity index (χ1) is 7.24. The van der Waals surface area contributed by atoms with Crippen LogP contribution in [0.2, 0.25) is 0 Å². The Morgan fingerprint density at radius 3 is 2.67 bits per heavy atom. The Labute approximate surface area is 86.4 Å². The SMILES string of the molecule is NC(CO)c1ccc(F)c2c1OCCO2. The molecule has 1 unspecified atom stereocenters. The average molecular weight is 213 g/mol. The van der Waals surface area contributed by atoms with Gasteiger partial charge in [-0.1, -0.05) is 6.07 Å². The molecule has 1 atom stereocenters. The maximum absolute atomic E-state index is 13.3. The second-order valence-corrected chi connectivity index (χ2v) is 3.28. The predicted molar refractivity (Wildman–Crippen MR) is 51.4 cm³/mol. The van der Waals surface area contributed by atoms with E-state index < -0.39 is 11.9 Å². The Balaban J connectivity index is 2.48. The monoisotopic (exact) mass is 213 g/mol. The fourth-order valence-electron chi connectivity index (χ4n) is 1.52. The lowest BCUT2D eigenvalue weighted by Gasteiger charge is -2.23. The van der Waals surface area contributed by atoms with E-state index >= 15 is 0 Å². The molecule has 0 aliphatic carbocycles. The van der Waals surface area contributed by atoms with Crippen LogP contribution in [0.5, 0.6) is 11.5 Å². The van der Waals surface area contributed by atoms with Crippen LogP contribution in [0.15, 0.2) is 12.1 Å². The largest absolute Gasteiger partial charge is 0.486 e. The van der Waals surface area contributed by atoms with Crippen LogP contribution >= 0.6 is 0 Å². The zero-order valence-electron chi connectivity index (χ0n) is 8.07. The predicted octanol–water partition coefficient (Wildman–Crippen LogP) is 0.589. The quantitative estimate of drug-likeness (QED) is 0.754.